The van der Waals surface area contributed by atoms with Gasteiger partial charge in [0.05, 0.1) is 17.1 Å². The second kappa shape index (κ2) is 7.18. The van der Waals surface area contributed by atoms with E-state index in [2.05, 4.69) is 33.8 Å². The monoisotopic (exact) mass is 421 g/mol. The molecule has 7 nitrogen and oxygen atoms in total. The maximum Gasteiger partial charge on any atom is 0.246 e. The van der Waals surface area contributed by atoms with E-state index in [0.717, 1.165) is 38.8 Å². The Morgan fingerprint density at radius 2 is 2.03 bits per heavy atom. The SMILES string of the molecule is C=CC(=O)N1CCN(c2noc3cc(-c4c(C)ccc5[nH]ncc45)c(Cl)cc23)CC1. The lowest BCUT2D eigenvalue weighted by Crippen LogP contribution is -2.48. The number of aromatic amines is 1. The molecule has 30 heavy (non-hydrogen) atoms. The molecule has 1 aliphatic heterocycles. The van der Waals surface area contributed by atoms with Gasteiger partial charge >= 0.3 is 0 Å². The van der Waals surface area contributed by atoms with Gasteiger partial charge in [0.2, 0.25) is 5.91 Å². The standard InChI is InChI=1S/C22H20ClN5O2/c1-3-20(29)27-6-8-28(9-7-27)22-15-10-17(23)14(11-19(15)30-26-22)21-13(2)4-5-18-16(21)12-24-25-18/h3-5,10-12H,1,6-9H2,2H3,(H,24,25). The van der Waals surface area contributed by atoms with E-state index in [4.69, 9.17) is 16.1 Å². The van der Waals surface area contributed by atoms with Crippen molar-refractivity contribution in [2.24, 2.45) is 0 Å². The molecule has 2 aromatic carbocycles. The van der Waals surface area contributed by atoms with E-state index in [0.29, 0.717) is 36.8 Å². The van der Waals surface area contributed by atoms with Gasteiger partial charge in [-0.15, -0.1) is 0 Å². The topological polar surface area (TPSA) is 78.3 Å². The van der Waals surface area contributed by atoms with Gasteiger partial charge in [-0.3, -0.25) is 9.89 Å². The van der Waals surface area contributed by atoms with Gasteiger partial charge in [-0.25, -0.2) is 0 Å². The highest BCUT2D eigenvalue weighted by molar-refractivity contribution is 6.35. The molecule has 0 saturated carbocycles. The zero-order valence-electron chi connectivity index (χ0n) is 16.5. The van der Waals surface area contributed by atoms with E-state index in [1.807, 2.05) is 30.5 Å². The fourth-order valence-electron chi connectivity index (χ4n) is 4.12. The van der Waals surface area contributed by atoms with Gasteiger partial charge < -0.3 is 14.3 Å². The zero-order chi connectivity index (χ0) is 20.8. The van der Waals surface area contributed by atoms with Crippen molar-refractivity contribution in [2.75, 3.05) is 31.1 Å². The Hall–Kier alpha value is -3.32. The highest BCUT2D eigenvalue weighted by atomic mass is 35.5. The number of amides is 1. The van der Waals surface area contributed by atoms with Gasteiger partial charge in [0.25, 0.3) is 0 Å². The van der Waals surface area contributed by atoms with Crippen LogP contribution >= 0.6 is 11.6 Å². The first-order valence-electron chi connectivity index (χ1n) is 9.75. The number of H-pyrrole nitrogens is 1. The van der Waals surface area contributed by atoms with Crippen molar-refractivity contribution in [2.45, 2.75) is 6.92 Å². The Bertz CT molecular complexity index is 1280. The van der Waals surface area contributed by atoms with Crippen LogP contribution in [0.2, 0.25) is 5.02 Å². The summed E-state index contributed by atoms with van der Waals surface area (Å²) in [5, 5.41) is 14.0. The third-order valence-corrected chi connectivity index (χ3v) is 6.02. The molecule has 2 aromatic heterocycles. The summed E-state index contributed by atoms with van der Waals surface area (Å²) in [6.07, 6.45) is 3.17. The largest absolute Gasteiger partial charge is 0.354 e. The lowest BCUT2D eigenvalue weighted by atomic mass is 9.96. The number of rotatable bonds is 3. The molecule has 1 saturated heterocycles. The second-order valence-electron chi connectivity index (χ2n) is 7.44. The first-order chi connectivity index (χ1) is 14.6. The molecule has 4 aromatic rings. The number of hydrogen-bond donors (Lipinski definition) is 1. The Morgan fingerprint density at radius 1 is 1.23 bits per heavy atom. The van der Waals surface area contributed by atoms with E-state index in [1.165, 1.54) is 6.08 Å². The van der Waals surface area contributed by atoms with Crippen molar-refractivity contribution in [1.29, 1.82) is 0 Å². The molecule has 0 atom stereocenters. The predicted octanol–water partition coefficient (Wildman–Crippen LogP) is 4.17. The minimum Gasteiger partial charge on any atom is -0.354 e. The normalized spacial score (nSPS) is 14.6. The lowest BCUT2D eigenvalue weighted by molar-refractivity contribution is -0.126. The van der Waals surface area contributed by atoms with Gasteiger partial charge in [-0.05, 0) is 42.3 Å². The van der Waals surface area contributed by atoms with Gasteiger partial charge in [0.1, 0.15) is 0 Å². The summed E-state index contributed by atoms with van der Waals surface area (Å²) in [6.45, 7) is 8.20. The highest BCUT2D eigenvalue weighted by Crippen LogP contribution is 2.40. The lowest BCUT2D eigenvalue weighted by Gasteiger charge is -2.34. The molecule has 0 aliphatic carbocycles. The molecule has 8 heteroatoms. The molecule has 152 valence electrons. The van der Waals surface area contributed by atoms with Crippen LogP contribution in [0, 0.1) is 6.92 Å². The number of hydrogen-bond acceptors (Lipinski definition) is 5. The number of anilines is 1. The Balaban J connectivity index is 1.53. The second-order valence-corrected chi connectivity index (χ2v) is 7.85. The summed E-state index contributed by atoms with van der Waals surface area (Å²) >= 11 is 6.75. The van der Waals surface area contributed by atoms with Crippen LogP contribution in [0.25, 0.3) is 33.0 Å². The summed E-state index contributed by atoms with van der Waals surface area (Å²) < 4.78 is 5.68. The van der Waals surface area contributed by atoms with Crippen molar-refractivity contribution < 1.29 is 9.32 Å². The average Bonchev–Trinajstić information content (AvgIpc) is 3.40. The smallest absolute Gasteiger partial charge is 0.246 e. The minimum atomic E-state index is -0.0452. The zero-order valence-corrected chi connectivity index (χ0v) is 17.2. The van der Waals surface area contributed by atoms with E-state index >= 15 is 0 Å². The number of nitrogens with one attached hydrogen (secondary N) is 1. The van der Waals surface area contributed by atoms with Crippen LogP contribution in [0.3, 0.4) is 0 Å². The van der Waals surface area contributed by atoms with Crippen LogP contribution in [0.5, 0.6) is 0 Å². The number of benzene rings is 2. The fourth-order valence-corrected chi connectivity index (χ4v) is 4.37. The summed E-state index contributed by atoms with van der Waals surface area (Å²) in [6, 6.07) is 7.92. The third-order valence-electron chi connectivity index (χ3n) is 5.71. The van der Waals surface area contributed by atoms with Gasteiger partial charge in [0, 0.05) is 42.2 Å². The number of carbonyl (C=O) groups excluding carboxylic acids is 1. The Kier molecular flexibility index (Phi) is 4.47. The fraction of sp³-hybridized carbons (Fsp3) is 0.227. The number of halogens is 1. The van der Waals surface area contributed by atoms with Crippen LogP contribution in [0.4, 0.5) is 5.82 Å². The number of nitrogens with zero attached hydrogens (tertiary/aromatic N) is 4. The van der Waals surface area contributed by atoms with Gasteiger partial charge in [-0.2, -0.15) is 5.10 Å². The number of piperazine rings is 1. The van der Waals surface area contributed by atoms with Crippen molar-refractivity contribution in [3.05, 3.63) is 53.7 Å². The first kappa shape index (κ1) is 18.7. The molecule has 1 fully saturated rings. The first-order valence-corrected chi connectivity index (χ1v) is 10.1. The molecule has 0 spiro atoms. The molecule has 0 unspecified atom stereocenters. The molecule has 0 radical (unpaired) electrons. The highest BCUT2D eigenvalue weighted by Gasteiger charge is 2.24. The van der Waals surface area contributed by atoms with Crippen molar-refractivity contribution >= 4 is 45.2 Å². The third kappa shape index (κ3) is 2.93. The van der Waals surface area contributed by atoms with Crippen LogP contribution < -0.4 is 4.90 Å². The maximum absolute atomic E-state index is 11.8. The maximum atomic E-state index is 11.8. The molecular weight excluding hydrogens is 402 g/mol. The summed E-state index contributed by atoms with van der Waals surface area (Å²) in [4.78, 5) is 15.7. The van der Waals surface area contributed by atoms with E-state index in [9.17, 15) is 4.79 Å². The molecule has 5 rings (SSSR count). The van der Waals surface area contributed by atoms with E-state index in [-0.39, 0.29) is 5.91 Å². The summed E-state index contributed by atoms with van der Waals surface area (Å²) in [5.41, 5.74) is 4.65. The van der Waals surface area contributed by atoms with Crippen LogP contribution in [0.15, 0.2) is 47.6 Å². The van der Waals surface area contributed by atoms with E-state index in [1.54, 1.807) is 4.90 Å². The number of aromatic nitrogens is 3. The predicted molar refractivity (Wildman–Crippen MR) is 118 cm³/mol. The van der Waals surface area contributed by atoms with Crippen LogP contribution in [0.1, 0.15) is 5.56 Å². The van der Waals surface area contributed by atoms with Crippen molar-refractivity contribution in [3.8, 4) is 11.1 Å². The van der Waals surface area contributed by atoms with Crippen LogP contribution in [-0.2, 0) is 4.79 Å². The van der Waals surface area contributed by atoms with Crippen LogP contribution in [-0.4, -0.2) is 52.3 Å². The molecule has 1 N–H and O–H groups in total. The van der Waals surface area contributed by atoms with Gasteiger partial charge in [-0.1, -0.05) is 29.4 Å². The van der Waals surface area contributed by atoms with E-state index < -0.39 is 0 Å². The van der Waals surface area contributed by atoms with Crippen molar-refractivity contribution in [1.82, 2.24) is 20.3 Å². The average molecular weight is 422 g/mol. The number of fused-ring (bicyclic) bond motifs is 2. The summed E-state index contributed by atoms with van der Waals surface area (Å²) in [7, 11) is 0. The molecule has 1 aliphatic rings. The number of aryl methyl sites for hydroxylation is 1. The quantitative estimate of drug-likeness (QED) is 0.502. The molecular formula is C22H20ClN5O2. The summed E-state index contributed by atoms with van der Waals surface area (Å²) in [5.74, 6) is 0.707. The van der Waals surface area contributed by atoms with Gasteiger partial charge in [0.15, 0.2) is 11.4 Å². The number of carbonyl (C=O) groups is 1. The molecule has 0 bridgehead atoms. The minimum absolute atomic E-state index is 0.0452. The molecule has 3 heterocycles. The Morgan fingerprint density at radius 3 is 2.80 bits per heavy atom. The van der Waals surface area contributed by atoms with Crippen molar-refractivity contribution in [3.63, 3.8) is 0 Å². The Labute approximate surface area is 177 Å². The molecule has 1 amide bonds.